The summed E-state index contributed by atoms with van der Waals surface area (Å²) in [4.78, 5) is 23.2. The highest BCUT2D eigenvalue weighted by molar-refractivity contribution is 6.01. The molecule has 0 unspecified atom stereocenters. The highest BCUT2D eigenvalue weighted by Gasteiger charge is 2.33. The minimum absolute atomic E-state index is 0.0896. The predicted octanol–water partition coefficient (Wildman–Crippen LogP) is 2.76. The summed E-state index contributed by atoms with van der Waals surface area (Å²) in [6, 6.07) is 7.71. The number of hydrogen-bond donors (Lipinski definition) is 0. The minimum atomic E-state index is 0.0896. The summed E-state index contributed by atoms with van der Waals surface area (Å²) in [6.07, 6.45) is 0.391. The van der Waals surface area contributed by atoms with E-state index in [1.54, 1.807) is 12.0 Å². The van der Waals surface area contributed by atoms with Gasteiger partial charge in [0.25, 0.3) is 0 Å². The maximum absolute atomic E-state index is 12.2. The van der Waals surface area contributed by atoms with Gasteiger partial charge in [-0.05, 0) is 45.0 Å². The number of carbonyl (C=O) groups excluding carboxylic acids is 1. The van der Waals surface area contributed by atoms with Crippen molar-refractivity contribution in [2.24, 2.45) is 0 Å². The Morgan fingerprint density at radius 1 is 1.18 bits per heavy atom. The number of rotatable bonds is 3. The third kappa shape index (κ3) is 2.32. The summed E-state index contributed by atoms with van der Waals surface area (Å²) >= 11 is 0. The third-order valence-corrected chi connectivity index (χ3v) is 3.88. The monoisotopic (exact) mass is 297 g/mol. The highest BCUT2D eigenvalue weighted by atomic mass is 16.5. The first-order valence-electron chi connectivity index (χ1n) is 7.35. The highest BCUT2D eigenvalue weighted by Crippen LogP contribution is 2.32. The van der Waals surface area contributed by atoms with E-state index in [-0.39, 0.29) is 11.9 Å². The van der Waals surface area contributed by atoms with E-state index in [2.05, 4.69) is 9.97 Å². The number of benzene rings is 1. The van der Waals surface area contributed by atoms with Crippen molar-refractivity contribution in [3.8, 4) is 17.1 Å². The van der Waals surface area contributed by atoms with Gasteiger partial charge in [-0.3, -0.25) is 9.69 Å². The van der Waals surface area contributed by atoms with Crippen LogP contribution in [0.1, 0.15) is 25.1 Å². The largest absolute Gasteiger partial charge is 0.497 e. The standard InChI is InChI=1S/C17H19N3O2/c1-10(2)20-15(21)9-14-11(3)18-16(19-17(14)20)12-5-7-13(22-4)8-6-12/h5-8,10H,9H2,1-4H3. The number of aromatic nitrogens is 2. The van der Waals surface area contributed by atoms with Crippen LogP contribution in [-0.4, -0.2) is 29.0 Å². The number of nitrogens with zero attached hydrogens (tertiary/aromatic N) is 3. The van der Waals surface area contributed by atoms with Gasteiger partial charge in [0.05, 0.1) is 13.5 Å². The minimum Gasteiger partial charge on any atom is -0.497 e. The molecule has 0 radical (unpaired) electrons. The summed E-state index contributed by atoms with van der Waals surface area (Å²) in [6.45, 7) is 5.93. The average molecular weight is 297 g/mol. The number of fused-ring (bicyclic) bond motifs is 1. The fourth-order valence-corrected chi connectivity index (χ4v) is 2.74. The van der Waals surface area contributed by atoms with E-state index in [4.69, 9.17) is 4.74 Å². The molecular formula is C17H19N3O2. The molecule has 0 spiro atoms. The van der Waals surface area contributed by atoms with Crippen LogP contribution in [0, 0.1) is 6.92 Å². The van der Waals surface area contributed by atoms with Crippen molar-refractivity contribution in [1.29, 1.82) is 0 Å². The van der Waals surface area contributed by atoms with Crippen molar-refractivity contribution >= 4 is 11.7 Å². The van der Waals surface area contributed by atoms with E-state index in [0.29, 0.717) is 12.2 Å². The molecule has 1 aromatic heterocycles. The van der Waals surface area contributed by atoms with E-state index in [9.17, 15) is 4.79 Å². The second-order valence-corrected chi connectivity index (χ2v) is 5.70. The number of carbonyl (C=O) groups is 1. The first-order chi connectivity index (χ1) is 10.5. The summed E-state index contributed by atoms with van der Waals surface area (Å²) in [5, 5.41) is 0. The molecule has 0 N–H and O–H groups in total. The lowest BCUT2D eigenvalue weighted by Crippen LogP contribution is -2.34. The molecule has 5 heteroatoms. The summed E-state index contributed by atoms with van der Waals surface area (Å²) < 4.78 is 5.17. The summed E-state index contributed by atoms with van der Waals surface area (Å²) in [5.41, 5.74) is 2.72. The Bertz CT molecular complexity index is 723. The van der Waals surface area contributed by atoms with Gasteiger partial charge in [-0.15, -0.1) is 0 Å². The molecule has 0 saturated carbocycles. The van der Waals surface area contributed by atoms with Crippen molar-refractivity contribution in [1.82, 2.24) is 9.97 Å². The molecule has 1 aliphatic rings. The average Bonchev–Trinajstić information content (AvgIpc) is 2.84. The van der Waals surface area contributed by atoms with Gasteiger partial charge in [0.1, 0.15) is 11.6 Å². The predicted molar refractivity (Wildman–Crippen MR) is 85.1 cm³/mol. The molecule has 114 valence electrons. The maximum Gasteiger partial charge on any atom is 0.233 e. The fraction of sp³-hybridized carbons (Fsp3) is 0.353. The van der Waals surface area contributed by atoms with E-state index < -0.39 is 0 Å². The van der Waals surface area contributed by atoms with Gasteiger partial charge in [0.2, 0.25) is 5.91 Å². The third-order valence-electron chi connectivity index (χ3n) is 3.88. The molecule has 0 aliphatic carbocycles. The zero-order valence-electron chi connectivity index (χ0n) is 13.3. The van der Waals surface area contributed by atoms with Crippen LogP contribution in [0.25, 0.3) is 11.4 Å². The summed E-state index contributed by atoms with van der Waals surface area (Å²) in [7, 11) is 1.64. The molecule has 0 bridgehead atoms. The van der Waals surface area contributed by atoms with Crippen molar-refractivity contribution < 1.29 is 9.53 Å². The second kappa shape index (κ2) is 5.40. The molecule has 0 saturated heterocycles. The van der Waals surface area contributed by atoms with Gasteiger partial charge < -0.3 is 4.74 Å². The number of amides is 1. The zero-order valence-corrected chi connectivity index (χ0v) is 13.3. The maximum atomic E-state index is 12.2. The molecule has 3 rings (SSSR count). The van der Waals surface area contributed by atoms with E-state index in [1.165, 1.54) is 0 Å². The van der Waals surface area contributed by atoms with Crippen LogP contribution < -0.4 is 9.64 Å². The lowest BCUT2D eigenvalue weighted by Gasteiger charge is -2.21. The second-order valence-electron chi connectivity index (χ2n) is 5.70. The van der Waals surface area contributed by atoms with E-state index >= 15 is 0 Å². The molecule has 1 aliphatic heterocycles. The molecule has 0 atom stereocenters. The van der Waals surface area contributed by atoms with Gasteiger partial charge in [-0.2, -0.15) is 0 Å². The van der Waals surface area contributed by atoms with Crippen LogP contribution in [0.4, 0.5) is 5.82 Å². The SMILES string of the molecule is COc1ccc(-c2nc(C)c3c(n2)N(C(C)C)C(=O)C3)cc1. The zero-order chi connectivity index (χ0) is 15.9. The van der Waals surface area contributed by atoms with Gasteiger partial charge >= 0.3 is 0 Å². The van der Waals surface area contributed by atoms with Gasteiger partial charge in [0.15, 0.2) is 5.82 Å². The molecule has 0 fully saturated rings. The Morgan fingerprint density at radius 2 is 1.86 bits per heavy atom. The number of methoxy groups -OCH3 is 1. The van der Waals surface area contributed by atoms with Crippen LogP contribution in [0.5, 0.6) is 5.75 Å². The Morgan fingerprint density at radius 3 is 2.45 bits per heavy atom. The topological polar surface area (TPSA) is 55.3 Å². The molecule has 2 aromatic rings. The molecule has 22 heavy (non-hydrogen) atoms. The Hall–Kier alpha value is -2.43. The first-order valence-corrected chi connectivity index (χ1v) is 7.35. The van der Waals surface area contributed by atoms with Crippen LogP contribution in [0.2, 0.25) is 0 Å². The molecule has 1 aromatic carbocycles. The summed E-state index contributed by atoms with van der Waals surface area (Å²) in [5.74, 6) is 2.27. The lowest BCUT2D eigenvalue weighted by atomic mass is 10.1. The van der Waals surface area contributed by atoms with Crippen LogP contribution >= 0.6 is 0 Å². The quantitative estimate of drug-likeness (QED) is 0.874. The number of aryl methyl sites for hydroxylation is 1. The lowest BCUT2D eigenvalue weighted by molar-refractivity contribution is -0.117. The Kier molecular flexibility index (Phi) is 3.56. The Labute approximate surface area is 130 Å². The molecule has 1 amide bonds. The first kappa shape index (κ1) is 14.5. The van der Waals surface area contributed by atoms with Crippen molar-refractivity contribution in [2.45, 2.75) is 33.2 Å². The van der Waals surface area contributed by atoms with E-state index in [0.717, 1.165) is 28.4 Å². The van der Waals surface area contributed by atoms with Crippen molar-refractivity contribution in [3.05, 3.63) is 35.5 Å². The number of hydrogen-bond acceptors (Lipinski definition) is 4. The van der Waals surface area contributed by atoms with Gasteiger partial charge in [-0.1, -0.05) is 0 Å². The van der Waals surface area contributed by atoms with Crippen LogP contribution in [0.3, 0.4) is 0 Å². The smallest absolute Gasteiger partial charge is 0.233 e. The van der Waals surface area contributed by atoms with Crippen molar-refractivity contribution in [3.63, 3.8) is 0 Å². The van der Waals surface area contributed by atoms with Crippen molar-refractivity contribution in [2.75, 3.05) is 12.0 Å². The van der Waals surface area contributed by atoms with Crippen LogP contribution in [0.15, 0.2) is 24.3 Å². The molecule has 2 heterocycles. The number of ether oxygens (including phenoxy) is 1. The Balaban J connectivity index is 2.08. The normalized spacial score (nSPS) is 13.7. The van der Waals surface area contributed by atoms with Gasteiger partial charge in [0, 0.05) is 22.9 Å². The van der Waals surface area contributed by atoms with Crippen LogP contribution in [-0.2, 0) is 11.2 Å². The number of anilines is 1. The van der Waals surface area contributed by atoms with Gasteiger partial charge in [-0.25, -0.2) is 9.97 Å². The van der Waals surface area contributed by atoms with E-state index in [1.807, 2.05) is 45.0 Å². The molecule has 5 nitrogen and oxygen atoms in total. The molecular weight excluding hydrogens is 278 g/mol. The fourth-order valence-electron chi connectivity index (χ4n) is 2.74.